The number of rotatable bonds is 7. The molecule has 1 heterocycles. The van der Waals surface area contributed by atoms with Crippen molar-refractivity contribution in [3.8, 4) is 0 Å². The second-order valence-electron chi connectivity index (χ2n) is 8.33. The van der Waals surface area contributed by atoms with Gasteiger partial charge in [-0.2, -0.15) is 0 Å². The Hall–Kier alpha value is -3.60. The number of nitrogens with one attached hydrogen (secondary N) is 1. The van der Waals surface area contributed by atoms with Gasteiger partial charge in [0.15, 0.2) is 0 Å². The Kier molecular flexibility index (Phi) is 6.84. The molecule has 0 spiro atoms. The number of aromatic nitrogens is 2. The number of halogens is 2. The van der Waals surface area contributed by atoms with Crippen LogP contribution in [0, 0.1) is 0 Å². The SMILES string of the molecule is O=C(N[C@@H](Cc1ccccc1)c1nc2ccccc2n1Cc1c(Cl)cccc1Cl)c1ccccc1. The molecule has 4 aromatic carbocycles. The van der Waals surface area contributed by atoms with Crippen LogP contribution in [0.3, 0.4) is 0 Å². The van der Waals surface area contributed by atoms with Crippen LogP contribution in [0.15, 0.2) is 103 Å². The smallest absolute Gasteiger partial charge is 0.251 e. The van der Waals surface area contributed by atoms with Crippen LogP contribution < -0.4 is 5.32 Å². The third kappa shape index (κ3) is 5.09. The Balaban J connectivity index is 1.61. The molecular formula is C29H23Cl2N3O. The van der Waals surface area contributed by atoms with Crippen LogP contribution >= 0.6 is 23.2 Å². The van der Waals surface area contributed by atoms with E-state index in [9.17, 15) is 4.79 Å². The first-order valence-corrected chi connectivity index (χ1v) is 12.1. The highest BCUT2D eigenvalue weighted by Crippen LogP contribution is 2.30. The van der Waals surface area contributed by atoms with Gasteiger partial charge in [-0.25, -0.2) is 4.98 Å². The number of hydrogen-bond donors (Lipinski definition) is 1. The number of para-hydroxylation sites is 2. The fourth-order valence-electron chi connectivity index (χ4n) is 4.26. The summed E-state index contributed by atoms with van der Waals surface area (Å²) in [6.07, 6.45) is 0.582. The first-order valence-electron chi connectivity index (χ1n) is 11.4. The van der Waals surface area contributed by atoms with Crippen molar-refractivity contribution < 1.29 is 4.79 Å². The number of fused-ring (bicyclic) bond motifs is 1. The van der Waals surface area contributed by atoms with Crippen molar-refractivity contribution in [2.45, 2.75) is 19.0 Å². The molecule has 0 aliphatic carbocycles. The Labute approximate surface area is 214 Å². The summed E-state index contributed by atoms with van der Waals surface area (Å²) in [5, 5.41) is 4.41. The van der Waals surface area contributed by atoms with Crippen LogP contribution in [-0.2, 0) is 13.0 Å². The van der Waals surface area contributed by atoms with Crippen molar-refractivity contribution in [3.63, 3.8) is 0 Å². The second-order valence-corrected chi connectivity index (χ2v) is 9.14. The molecular weight excluding hydrogens is 477 g/mol. The van der Waals surface area contributed by atoms with Crippen LogP contribution in [0.5, 0.6) is 0 Å². The summed E-state index contributed by atoms with van der Waals surface area (Å²) in [4.78, 5) is 18.2. The van der Waals surface area contributed by atoms with Gasteiger partial charge in [0.2, 0.25) is 0 Å². The molecule has 0 fully saturated rings. The molecule has 1 amide bonds. The van der Waals surface area contributed by atoms with E-state index in [1.165, 1.54) is 0 Å². The second kappa shape index (κ2) is 10.3. The summed E-state index contributed by atoms with van der Waals surface area (Å²) in [5.41, 5.74) is 4.30. The van der Waals surface area contributed by atoms with Gasteiger partial charge in [-0.05, 0) is 48.4 Å². The lowest BCUT2D eigenvalue weighted by Crippen LogP contribution is -2.32. The maximum Gasteiger partial charge on any atom is 0.251 e. The third-order valence-corrected chi connectivity index (χ3v) is 6.71. The van der Waals surface area contributed by atoms with Crippen LogP contribution in [-0.4, -0.2) is 15.5 Å². The number of imidazole rings is 1. The number of hydrogen-bond acceptors (Lipinski definition) is 2. The topological polar surface area (TPSA) is 46.9 Å². The molecule has 0 aliphatic rings. The summed E-state index contributed by atoms with van der Waals surface area (Å²) in [5.74, 6) is 0.594. The van der Waals surface area contributed by atoms with E-state index in [1.54, 1.807) is 12.1 Å². The molecule has 1 atom stereocenters. The lowest BCUT2D eigenvalue weighted by molar-refractivity contribution is 0.0934. The molecule has 1 aromatic heterocycles. The fraction of sp³-hybridized carbons (Fsp3) is 0.103. The van der Waals surface area contributed by atoms with E-state index in [-0.39, 0.29) is 11.9 Å². The zero-order valence-electron chi connectivity index (χ0n) is 18.9. The van der Waals surface area contributed by atoms with E-state index in [0.29, 0.717) is 28.6 Å². The highest BCUT2D eigenvalue weighted by atomic mass is 35.5. The first-order chi connectivity index (χ1) is 17.1. The maximum atomic E-state index is 13.2. The quantitative estimate of drug-likeness (QED) is 0.259. The summed E-state index contributed by atoms with van der Waals surface area (Å²) in [6, 6.07) is 32.4. The Morgan fingerprint density at radius 1 is 0.800 bits per heavy atom. The van der Waals surface area contributed by atoms with Crippen LogP contribution in [0.25, 0.3) is 11.0 Å². The minimum atomic E-state index is -0.376. The molecule has 174 valence electrons. The van der Waals surface area contributed by atoms with Crippen molar-refractivity contribution in [3.05, 3.63) is 136 Å². The minimum absolute atomic E-state index is 0.152. The van der Waals surface area contributed by atoms with Crippen molar-refractivity contribution in [1.29, 1.82) is 0 Å². The summed E-state index contributed by atoms with van der Waals surface area (Å²) < 4.78 is 2.10. The molecule has 0 saturated carbocycles. The zero-order valence-corrected chi connectivity index (χ0v) is 20.4. The van der Waals surface area contributed by atoms with Crippen molar-refractivity contribution in [2.24, 2.45) is 0 Å². The highest BCUT2D eigenvalue weighted by Gasteiger charge is 2.24. The predicted octanol–water partition coefficient (Wildman–Crippen LogP) is 7.11. The Morgan fingerprint density at radius 3 is 2.14 bits per heavy atom. The van der Waals surface area contributed by atoms with Gasteiger partial charge in [0, 0.05) is 21.2 Å². The van der Waals surface area contributed by atoms with E-state index in [1.807, 2.05) is 78.9 Å². The molecule has 0 radical (unpaired) electrons. The first kappa shape index (κ1) is 23.2. The van der Waals surface area contributed by atoms with Crippen LogP contribution in [0.1, 0.15) is 33.4 Å². The molecule has 1 N–H and O–H groups in total. The molecule has 4 nitrogen and oxygen atoms in total. The van der Waals surface area contributed by atoms with Crippen LogP contribution in [0.2, 0.25) is 10.0 Å². The highest BCUT2D eigenvalue weighted by molar-refractivity contribution is 6.36. The Bertz CT molecular complexity index is 1450. The van der Waals surface area contributed by atoms with Gasteiger partial charge in [-0.15, -0.1) is 0 Å². The predicted molar refractivity (Wildman–Crippen MR) is 142 cm³/mol. The van der Waals surface area contributed by atoms with Gasteiger partial charge in [0.25, 0.3) is 5.91 Å². The molecule has 6 heteroatoms. The van der Waals surface area contributed by atoms with Crippen molar-refractivity contribution in [2.75, 3.05) is 0 Å². The lowest BCUT2D eigenvalue weighted by atomic mass is 10.0. The van der Waals surface area contributed by atoms with E-state index in [2.05, 4.69) is 22.0 Å². The lowest BCUT2D eigenvalue weighted by Gasteiger charge is -2.21. The average molecular weight is 500 g/mol. The van der Waals surface area contributed by atoms with E-state index >= 15 is 0 Å². The normalized spacial score (nSPS) is 11.9. The largest absolute Gasteiger partial charge is 0.342 e. The maximum absolute atomic E-state index is 13.2. The van der Waals surface area contributed by atoms with Gasteiger partial charge >= 0.3 is 0 Å². The Morgan fingerprint density at radius 2 is 1.43 bits per heavy atom. The molecule has 0 saturated heterocycles. The number of carbonyl (C=O) groups excluding carboxylic acids is 1. The number of carbonyl (C=O) groups is 1. The molecule has 0 bridgehead atoms. The third-order valence-electron chi connectivity index (χ3n) is 6.00. The monoisotopic (exact) mass is 499 g/mol. The van der Waals surface area contributed by atoms with Crippen molar-refractivity contribution >= 4 is 40.1 Å². The molecule has 0 aliphatic heterocycles. The minimum Gasteiger partial charge on any atom is -0.342 e. The summed E-state index contributed by atoms with van der Waals surface area (Å²) >= 11 is 13.1. The average Bonchev–Trinajstić information content (AvgIpc) is 3.25. The van der Waals surface area contributed by atoms with E-state index in [0.717, 1.165) is 28.0 Å². The van der Waals surface area contributed by atoms with Crippen molar-refractivity contribution in [1.82, 2.24) is 14.9 Å². The van der Waals surface area contributed by atoms with E-state index < -0.39 is 0 Å². The summed E-state index contributed by atoms with van der Waals surface area (Å²) in [7, 11) is 0. The number of benzene rings is 4. The number of amides is 1. The van der Waals surface area contributed by atoms with E-state index in [4.69, 9.17) is 28.2 Å². The molecule has 0 unspecified atom stereocenters. The van der Waals surface area contributed by atoms with Gasteiger partial charge in [0.1, 0.15) is 5.82 Å². The molecule has 35 heavy (non-hydrogen) atoms. The van der Waals surface area contributed by atoms with Gasteiger partial charge in [-0.1, -0.05) is 89.9 Å². The van der Waals surface area contributed by atoms with Gasteiger partial charge in [-0.3, -0.25) is 4.79 Å². The molecule has 5 aromatic rings. The summed E-state index contributed by atoms with van der Waals surface area (Å²) in [6.45, 7) is 0.431. The van der Waals surface area contributed by atoms with Gasteiger partial charge < -0.3 is 9.88 Å². The number of nitrogens with zero attached hydrogens (tertiary/aromatic N) is 2. The van der Waals surface area contributed by atoms with Gasteiger partial charge in [0.05, 0.1) is 23.6 Å². The fourth-order valence-corrected chi connectivity index (χ4v) is 4.77. The zero-order chi connectivity index (χ0) is 24.2. The van der Waals surface area contributed by atoms with Crippen LogP contribution in [0.4, 0.5) is 0 Å². The molecule has 5 rings (SSSR count). The standard InChI is InChI=1S/C29H23Cl2N3O/c30-23-14-9-15-24(31)22(23)19-34-27-17-8-7-16-25(27)32-28(34)26(18-20-10-3-1-4-11-20)33-29(35)21-12-5-2-6-13-21/h1-17,26H,18-19H2,(H,33,35)/t26-/m0/s1.